The Labute approximate surface area is 81.9 Å². The second kappa shape index (κ2) is 5.61. The minimum Gasteiger partial charge on any atom is -0.392 e. The van der Waals surface area contributed by atoms with E-state index in [2.05, 4.69) is 11.8 Å². The first-order valence-corrected chi connectivity index (χ1v) is 5.66. The van der Waals surface area contributed by atoms with E-state index in [1.165, 1.54) is 25.8 Å². The Morgan fingerprint density at radius 3 is 2.46 bits per heavy atom. The van der Waals surface area contributed by atoms with Gasteiger partial charge in [0.05, 0.1) is 6.10 Å². The highest BCUT2D eigenvalue weighted by atomic mass is 16.3. The molecule has 1 N–H and O–H groups in total. The Kier molecular flexibility index (Phi) is 4.74. The van der Waals surface area contributed by atoms with Crippen LogP contribution in [0.1, 0.15) is 39.5 Å². The smallest absolute Gasteiger partial charge is 0.0664 e. The van der Waals surface area contributed by atoms with Gasteiger partial charge in [-0.05, 0) is 31.7 Å². The van der Waals surface area contributed by atoms with E-state index in [0.29, 0.717) is 0 Å². The molecule has 0 heterocycles. The molecule has 0 radical (unpaired) electrons. The fourth-order valence-corrected chi connectivity index (χ4v) is 1.80. The summed E-state index contributed by atoms with van der Waals surface area (Å²) in [5.74, 6) is 0.920. The van der Waals surface area contributed by atoms with E-state index >= 15 is 0 Å². The third kappa shape index (κ3) is 3.65. The number of nitrogens with zero attached hydrogens (tertiary/aromatic N) is 1. The lowest BCUT2D eigenvalue weighted by Crippen LogP contribution is -2.37. The number of hydrogen-bond donors (Lipinski definition) is 1. The molecule has 1 atom stereocenters. The fraction of sp³-hybridized carbons (Fsp3) is 1.00. The molecule has 0 spiro atoms. The predicted molar refractivity (Wildman–Crippen MR) is 55.8 cm³/mol. The Balaban J connectivity index is 2.16. The van der Waals surface area contributed by atoms with Crippen LogP contribution in [0.15, 0.2) is 0 Å². The molecule has 1 fully saturated rings. The maximum absolute atomic E-state index is 9.52. The SMILES string of the molecule is CCC(O)CN(CC)CC1CCC1. The van der Waals surface area contributed by atoms with Crippen molar-refractivity contribution in [2.45, 2.75) is 45.6 Å². The van der Waals surface area contributed by atoms with Crippen LogP contribution in [0.2, 0.25) is 0 Å². The highest BCUT2D eigenvalue weighted by molar-refractivity contribution is 4.74. The van der Waals surface area contributed by atoms with Crippen molar-refractivity contribution in [1.29, 1.82) is 0 Å². The lowest BCUT2D eigenvalue weighted by Gasteiger charge is -2.32. The zero-order chi connectivity index (χ0) is 9.68. The van der Waals surface area contributed by atoms with E-state index in [1.54, 1.807) is 0 Å². The summed E-state index contributed by atoms with van der Waals surface area (Å²) in [6.07, 6.45) is 4.97. The largest absolute Gasteiger partial charge is 0.392 e. The molecule has 0 aliphatic heterocycles. The summed E-state index contributed by atoms with van der Waals surface area (Å²) in [6, 6.07) is 0. The van der Waals surface area contributed by atoms with E-state index in [0.717, 1.165) is 25.4 Å². The van der Waals surface area contributed by atoms with Crippen molar-refractivity contribution < 1.29 is 5.11 Å². The maximum Gasteiger partial charge on any atom is 0.0664 e. The van der Waals surface area contributed by atoms with Crippen LogP contribution >= 0.6 is 0 Å². The first-order valence-electron chi connectivity index (χ1n) is 5.66. The Bertz CT molecular complexity index is 127. The Morgan fingerprint density at radius 2 is 2.08 bits per heavy atom. The van der Waals surface area contributed by atoms with Gasteiger partial charge in [0.15, 0.2) is 0 Å². The van der Waals surface area contributed by atoms with Gasteiger partial charge in [-0.3, -0.25) is 0 Å². The molecule has 2 nitrogen and oxygen atoms in total. The molecule has 0 bridgehead atoms. The first kappa shape index (κ1) is 11.0. The Hall–Kier alpha value is -0.0800. The average molecular weight is 185 g/mol. The lowest BCUT2D eigenvalue weighted by molar-refractivity contribution is 0.0916. The van der Waals surface area contributed by atoms with E-state index in [9.17, 15) is 5.11 Å². The summed E-state index contributed by atoms with van der Waals surface area (Å²) in [5.41, 5.74) is 0. The minimum atomic E-state index is -0.125. The second-order valence-electron chi connectivity index (χ2n) is 4.21. The molecule has 1 aliphatic carbocycles. The van der Waals surface area contributed by atoms with Gasteiger partial charge in [-0.15, -0.1) is 0 Å². The van der Waals surface area contributed by atoms with Crippen molar-refractivity contribution in [3.8, 4) is 0 Å². The van der Waals surface area contributed by atoms with Gasteiger partial charge in [0.2, 0.25) is 0 Å². The highest BCUT2D eigenvalue weighted by Gasteiger charge is 2.20. The van der Waals surface area contributed by atoms with Crippen LogP contribution in [0, 0.1) is 5.92 Å². The molecule has 13 heavy (non-hydrogen) atoms. The molecular formula is C11H23NO. The van der Waals surface area contributed by atoms with Crippen LogP contribution in [0.4, 0.5) is 0 Å². The van der Waals surface area contributed by atoms with Crippen molar-refractivity contribution in [2.75, 3.05) is 19.6 Å². The average Bonchev–Trinajstić information content (AvgIpc) is 2.08. The third-order valence-corrected chi connectivity index (χ3v) is 3.13. The summed E-state index contributed by atoms with van der Waals surface area (Å²) in [4.78, 5) is 2.39. The van der Waals surface area contributed by atoms with Crippen molar-refractivity contribution in [3.63, 3.8) is 0 Å². The van der Waals surface area contributed by atoms with Crippen molar-refractivity contribution >= 4 is 0 Å². The zero-order valence-electron chi connectivity index (χ0n) is 9.00. The number of rotatable bonds is 6. The van der Waals surface area contributed by atoms with Crippen LogP contribution in [0.5, 0.6) is 0 Å². The molecule has 0 aromatic carbocycles. The van der Waals surface area contributed by atoms with Gasteiger partial charge in [0, 0.05) is 13.1 Å². The number of aliphatic hydroxyl groups is 1. The lowest BCUT2D eigenvalue weighted by atomic mass is 9.85. The van der Waals surface area contributed by atoms with E-state index < -0.39 is 0 Å². The Morgan fingerprint density at radius 1 is 1.38 bits per heavy atom. The normalized spacial score (nSPS) is 20.3. The topological polar surface area (TPSA) is 23.5 Å². The van der Waals surface area contributed by atoms with Crippen LogP contribution in [0.3, 0.4) is 0 Å². The molecule has 0 amide bonds. The van der Waals surface area contributed by atoms with Crippen LogP contribution in [-0.4, -0.2) is 35.7 Å². The van der Waals surface area contributed by atoms with Crippen molar-refractivity contribution in [1.82, 2.24) is 4.90 Å². The molecule has 1 saturated carbocycles. The molecule has 0 saturated heterocycles. The van der Waals surface area contributed by atoms with E-state index in [1.807, 2.05) is 6.92 Å². The third-order valence-electron chi connectivity index (χ3n) is 3.13. The minimum absolute atomic E-state index is 0.125. The highest BCUT2D eigenvalue weighted by Crippen LogP contribution is 2.27. The molecule has 2 heteroatoms. The molecule has 1 unspecified atom stereocenters. The van der Waals surface area contributed by atoms with Gasteiger partial charge in [0.1, 0.15) is 0 Å². The molecule has 1 aliphatic rings. The fourth-order valence-electron chi connectivity index (χ4n) is 1.80. The number of hydrogen-bond acceptors (Lipinski definition) is 2. The summed E-state index contributed by atoms with van der Waals surface area (Å²) in [5, 5.41) is 9.52. The standard InChI is InChI=1S/C11H23NO/c1-3-11(13)9-12(4-2)8-10-6-5-7-10/h10-11,13H,3-9H2,1-2H3. The maximum atomic E-state index is 9.52. The van der Waals surface area contributed by atoms with Crippen LogP contribution in [-0.2, 0) is 0 Å². The molecule has 78 valence electrons. The van der Waals surface area contributed by atoms with Crippen LogP contribution < -0.4 is 0 Å². The van der Waals surface area contributed by atoms with E-state index in [-0.39, 0.29) is 6.10 Å². The van der Waals surface area contributed by atoms with Gasteiger partial charge in [-0.25, -0.2) is 0 Å². The summed E-state index contributed by atoms with van der Waals surface area (Å²) in [7, 11) is 0. The zero-order valence-corrected chi connectivity index (χ0v) is 9.00. The second-order valence-corrected chi connectivity index (χ2v) is 4.21. The molecule has 1 rings (SSSR count). The van der Waals surface area contributed by atoms with Gasteiger partial charge in [0.25, 0.3) is 0 Å². The monoisotopic (exact) mass is 185 g/mol. The van der Waals surface area contributed by atoms with Gasteiger partial charge in [-0.2, -0.15) is 0 Å². The number of likely N-dealkylation sites (N-methyl/N-ethyl adjacent to an activating group) is 1. The predicted octanol–water partition coefficient (Wildman–Crippen LogP) is 1.88. The summed E-state index contributed by atoms with van der Waals surface area (Å²) in [6.45, 7) is 7.37. The molecular weight excluding hydrogens is 162 g/mol. The number of aliphatic hydroxyl groups excluding tert-OH is 1. The van der Waals surface area contributed by atoms with Gasteiger partial charge >= 0.3 is 0 Å². The van der Waals surface area contributed by atoms with Crippen molar-refractivity contribution in [3.05, 3.63) is 0 Å². The first-order chi connectivity index (χ1) is 6.26. The van der Waals surface area contributed by atoms with Crippen LogP contribution in [0.25, 0.3) is 0 Å². The van der Waals surface area contributed by atoms with Gasteiger partial charge < -0.3 is 10.0 Å². The van der Waals surface area contributed by atoms with Crippen molar-refractivity contribution in [2.24, 2.45) is 5.92 Å². The van der Waals surface area contributed by atoms with E-state index in [4.69, 9.17) is 0 Å². The summed E-state index contributed by atoms with van der Waals surface area (Å²) >= 11 is 0. The molecule has 0 aromatic heterocycles. The summed E-state index contributed by atoms with van der Waals surface area (Å²) < 4.78 is 0. The quantitative estimate of drug-likeness (QED) is 0.683. The molecule has 0 aromatic rings. The van der Waals surface area contributed by atoms with Gasteiger partial charge in [-0.1, -0.05) is 20.3 Å².